The summed E-state index contributed by atoms with van der Waals surface area (Å²) in [5.41, 5.74) is 0.259. The summed E-state index contributed by atoms with van der Waals surface area (Å²) in [6.07, 6.45) is 2.65. The third-order valence-electron chi connectivity index (χ3n) is 2.03. The zero-order valence-electron chi connectivity index (χ0n) is 9.16. The monoisotopic (exact) mass is 310 g/mol. The molecule has 0 saturated heterocycles. The summed E-state index contributed by atoms with van der Waals surface area (Å²) in [5, 5.41) is 8.96. The van der Waals surface area contributed by atoms with Gasteiger partial charge in [0.2, 0.25) is 5.88 Å². The van der Waals surface area contributed by atoms with E-state index in [1.165, 1.54) is 25.7 Å². The summed E-state index contributed by atoms with van der Waals surface area (Å²) in [7, 11) is 1.47. The Morgan fingerprint density at radius 3 is 2.83 bits per heavy atom. The predicted octanol–water partition coefficient (Wildman–Crippen LogP) is 1.40. The number of aromatic nitrogens is 4. The lowest BCUT2D eigenvalue weighted by Crippen LogP contribution is -2.05. The number of ether oxygens (including phenoxy) is 1. The first-order valence-corrected chi connectivity index (χ1v) is 5.53. The highest BCUT2D eigenvalue weighted by Crippen LogP contribution is 2.19. The van der Waals surface area contributed by atoms with Gasteiger partial charge in [0.05, 0.1) is 11.6 Å². The van der Waals surface area contributed by atoms with Crippen molar-refractivity contribution in [1.82, 2.24) is 19.9 Å². The van der Waals surface area contributed by atoms with Crippen LogP contribution in [0.1, 0.15) is 10.5 Å². The maximum absolute atomic E-state index is 11.0. The van der Waals surface area contributed by atoms with Crippen molar-refractivity contribution in [3.63, 3.8) is 0 Å². The van der Waals surface area contributed by atoms with Gasteiger partial charge in [-0.2, -0.15) is 0 Å². The van der Waals surface area contributed by atoms with Crippen molar-refractivity contribution in [3.8, 4) is 17.4 Å². The van der Waals surface area contributed by atoms with Crippen molar-refractivity contribution in [2.45, 2.75) is 0 Å². The van der Waals surface area contributed by atoms with E-state index >= 15 is 0 Å². The smallest absolute Gasteiger partial charge is 0.355 e. The maximum Gasteiger partial charge on any atom is 0.355 e. The molecule has 2 heterocycles. The molecule has 2 aromatic heterocycles. The summed E-state index contributed by atoms with van der Waals surface area (Å²) in [6, 6.07) is 1.52. The number of aromatic carboxylic acids is 1. The van der Waals surface area contributed by atoms with Gasteiger partial charge in [-0.15, -0.1) is 0 Å². The Hall–Kier alpha value is -2.09. The second kappa shape index (κ2) is 5.05. The van der Waals surface area contributed by atoms with Gasteiger partial charge in [0, 0.05) is 12.3 Å². The molecular weight excluding hydrogens is 304 g/mol. The molecule has 0 aliphatic heterocycles. The number of nitrogens with zero attached hydrogens (tertiary/aromatic N) is 4. The van der Waals surface area contributed by atoms with Crippen molar-refractivity contribution < 1.29 is 14.6 Å². The SMILES string of the molecule is COc1cc(-c2ncc(Br)c(C(=O)O)n2)ncn1. The fourth-order valence-electron chi connectivity index (χ4n) is 1.21. The number of carboxylic acids is 1. The lowest BCUT2D eigenvalue weighted by atomic mass is 10.3. The molecule has 0 aliphatic rings. The molecule has 0 aliphatic carbocycles. The Kier molecular flexibility index (Phi) is 3.47. The maximum atomic E-state index is 11.0. The normalized spacial score (nSPS) is 10.1. The fourth-order valence-corrected chi connectivity index (χ4v) is 1.57. The largest absolute Gasteiger partial charge is 0.481 e. The molecule has 18 heavy (non-hydrogen) atoms. The Morgan fingerprint density at radius 2 is 2.17 bits per heavy atom. The van der Waals surface area contributed by atoms with Crippen LogP contribution in [0.4, 0.5) is 0 Å². The zero-order chi connectivity index (χ0) is 13.1. The van der Waals surface area contributed by atoms with Gasteiger partial charge in [-0.05, 0) is 15.9 Å². The van der Waals surface area contributed by atoms with Gasteiger partial charge in [0.15, 0.2) is 11.5 Å². The number of halogens is 1. The highest BCUT2D eigenvalue weighted by Gasteiger charge is 2.14. The fraction of sp³-hybridized carbons (Fsp3) is 0.100. The van der Waals surface area contributed by atoms with Crippen LogP contribution in [0.15, 0.2) is 23.1 Å². The van der Waals surface area contributed by atoms with Gasteiger partial charge in [-0.25, -0.2) is 24.7 Å². The first-order chi connectivity index (χ1) is 8.61. The molecule has 0 aromatic carbocycles. The highest BCUT2D eigenvalue weighted by molar-refractivity contribution is 9.10. The number of hydrogen-bond donors (Lipinski definition) is 1. The number of carbonyl (C=O) groups is 1. The Bertz CT molecular complexity index is 605. The third-order valence-corrected chi connectivity index (χ3v) is 2.61. The van der Waals surface area contributed by atoms with Crippen LogP contribution < -0.4 is 4.74 Å². The second-order valence-corrected chi connectivity index (χ2v) is 4.00. The minimum atomic E-state index is -1.15. The van der Waals surface area contributed by atoms with Crippen LogP contribution in [0.3, 0.4) is 0 Å². The Labute approximate surface area is 110 Å². The predicted molar refractivity (Wildman–Crippen MR) is 64.3 cm³/mol. The van der Waals surface area contributed by atoms with Crippen molar-refractivity contribution in [3.05, 3.63) is 28.8 Å². The third kappa shape index (κ3) is 2.43. The minimum absolute atomic E-state index is 0.127. The molecule has 0 spiro atoms. The molecule has 0 bridgehead atoms. The number of carboxylic acid groups (broad SMARTS) is 1. The average molecular weight is 311 g/mol. The van der Waals surface area contributed by atoms with Gasteiger partial charge in [0.25, 0.3) is 0 Å². The number of methoxy groups -OCH3 is 1. The van der Waals surface area contributed by atoms with Crippen LogP contribution in [0.5, 0.6) is 5.88 Å². The van der Waals surface area contributed by atoms with E-state index in [0.29, 0.717) is 16.0 Å². The topological polar surface area (TPSA) is 98.1 Å². The van der Waals surface area contributed by atoms with Gasteiger partial charge in [-0.1, -0.05) is 0 Å². The lowest BCUT2D eigenvalue weighted by Gasteiger charge is -2.03. The van der Waals surface area contributed by atoms with E-state index in [1.807, 2.05) is 0 Å². The Morgan fingerprint density at radius 1 is 1.39 bits per heavy atom. The van der Waals surface area contributed by atoms with Crippen molar-refractivity contribution in [2.24, 2.45) is 0 Å². The number of hydrogen-bond acceptors (Lipinski definition) is 6. The van der Waals surface area contributed by atoms with Crippen LogP contribution >= 0.6 is 15.9 Å². The van der Waals surface area contributed by atoms with E-state index in [-0.39, 0.29) is 11.5 Å². The summed E-state index contributed by atoms with van der Waals surface area (Å²) >= 11 is 3.07. The molecule has 0 unspecified atom stereocenters. The second-order valence-electron chi connectivity index (χ2n) is 3.14. The van der Waals surface area contributed by atoms with Crippen LogP contribution in [-0.2, 0) is 0 Å². The minimum Gasteiger partial charge on any atom is -0.481 e. The molecule has 1 N–H and O–H groups in total. The molecule has 2 aromatic rings. The standard InChI is InChI=1S/C10H7BrN4O3/c1-18-7-2-6(13-4-14-7)9-12-3-5(11)8(15-9)10(16)17/h2-4H,1H3,(H,16,17). The van der Waals surface area contributed by atoms with Crippen LogP contribution in [0.2, 0.25) is 0 Å². The van der Waals surface area contributed by atoms with Gasteiger partial charge in [0.1, 0.15) is 12.0 Å². The molecule has 0 atom stereocenters. The summed E-state index contributed by atoms with van der Waals surface area (Å²) in [5.74, 6) is -0.605. The van der Waals surface area contributed by atoms with Gasteiger partial charge >= 0.3 is 5.97 Å². The van der Waals surface area contributed by atoms with E-state index in [9.17, 15) is 4.79 Å². The zero-order valence-corrected chi connectivity index (χ0v) is 10.7. The highest BCUT2D eigenvalue weighted by atomic mass is 79.9. The summed E-state index contributed by atoms with van der Waals surface area (Å²) in [6.45, 7) is 0. The summed E-state index contributed by atoms with van der Waals surface area (Å²) in [4.78, 5) is 26.7. The molecule has 0 amide bonds. The molecule has 8 heteroatoms. The van der Waals surface area contributed by atoms with Crippen LogP contribution in [0, 0.1) is 0 Å². The summed E-state index contributed by atoms with van der Waals surface area (Å²) < 4.78 is 5.25. The lowest BCUT2D eigenvalue weighted by molar-refractivity contribution is 0.0689. The molecule has 2 rings (SSSR count). The molecule has 0 radical (unpaired) electrons. The van der Waals surface area contributed by atoms with Crippen LogP contribution in [0.25, 0.3) is 11.5 Å². The van der Waals surface area contributed by atoms with E-state index in [2.05, 4.69) is 35.9 Å². The van der Waals surface area contributed by atoms with E-state index in [4.69, 9.17) is 9.84 Å². The molecular formula is C10H7BrN4O3. The van der Waals surface area contributed by atoms with E-state index in [1.54, 1.807) is 0 Å². The average Bonchev–Trinajstić information content (AvgIpc) is 2.39. The van der Waals surface area contributed by atoms with Crippen LogP contribution in [-0.4, -0.2) is 38.1 Å². The van der Waals surface area contributed by atoms with Gasteiger partial charge < -0.3 is 9.84 Å². The van der Waals surface area contributed by atoms with Gasteiger partial charge in [-0.3, -0.25) is 0 Å². The quantitative estimate of drug-likeness (QED) is 0.914. The number of rotatable bonds is 3. The molecule has 7 nitrogen and oxygen atoms in total. The van der Waals surface area contributed by atoms with Crippen molar-refractivity contribution in [1.29, 1.82) is 0 Å². The first-order valence-electron chi connectivity index (χ1n) is 4.74. The Balaban J connectivity index is 2.50. The molecule has 0 saturated carbocycles. The molecule has 92 valence electrons. The van der Waals surface area contributed by atoms with E-state index in [0.717, 1.165) is 0 Å². The van der Waals surface area contributed by atoms with Crippen molar-refractivity contribution >= 4 is 21.9 Å². The van der Waals surface area contributed by atoms with E-state index < -0.39 is 5.97 Å². The van der Waals surface area contributed by atoms with Crippen molar-refractivity contribution in [2.75, 3.05) is 7.11 Å². The molecule has 0 fully saturated rings. The first kappa shape index (κ1) is 12.4.